The van der Waals surface area contributed by atoms with Crippen molar-refractivity contribution in [3.05, 3.63) is 24.3 Å². The highest BCUT2D eigenvalue weighted by Gasteiger charge is 2.39. The lowest BCUT2D eigenvalue weighted by Crippen LogP contribution is -2.53. The minimum absolute atomic E-state index is 0.0200. The number of hydrogen-bond donors (Lipinski definition) is 2. The van der Waals surface area contributed by atoms with Gasteiger partial charge >= 0.3 is 6.09 Å². The molecule has 5 nitrogen and oxygen atoms in total. The van der Waals surface area contributed by atoms with Crippen LogP contribution < -0.4 is 10.5 Å². The number of benzene rings is 1. The predicted molar refractivity (Wildman–Crippen MR) is 82.5 cm³/mol. The third-order valence-corrected chi connectivity index (χ3v) is 3.96. The maximum atomic E-state index is 11.4. The molecule has 1 aromatic carbocycles. The lowest BCUT2D eigenvalue weighted by atomic mass is 9.80. The van der Waals surface area contributed by atoms with E-state index in [1.807, 2.05) is 18.2 Å². The Morgan fingerprint density at radius 2 is 2.14 bits per heavy atom. The fraction of sp³-hybridized carbons (Fsp3) is 0.562. The fourth-order valence-corrected chi connectivity index (χ4v) is 2.87. The minimum Gasteiger partial charge on any atom is -0.490 e. The van der Waals surface area contributed by atoms with Gasteiger partial charge in [-0.3, -0.25) is 0 Å². The standard InChI is InChI=1S/C16H24N2O3/c1-16(2,3)14-10-13(7-8-18(14)15(19)20)21-12-6-4-5-11(17)9-12/h4-6,9,13-14H,7-8,10,17H2,1-3H3,(H,19,20)/t13-,14+/m0/s1. The molecule has 1 amide bonds. The van der Waals surface area contributed by atoms with E-state index in [1.54, 1.807) is 11.0 Å². The SMILES string of the molecule is CC(C)(C)[C@H]1C[C@@H](Oc2cccc(N)c2)CCN1C(=O)O. The second kappa shape index (κ2) is 5.84. The highest BCUT2D eigenvalue weighted by molar-refractivity contribution is 5.65. The molecule has 1 fully saturated rings. The minimum atomic E-state index is -0.850. The van der Waals surface area contributed by atoms with Crippen LogP contribution in [0.4, 0.5) is 10.5 Å². The van der Waals surface area contributed by atoms with Crippen molar-refractivity contribution in [2.75, 3.05) is 12.3 Å². The van der Waals surface area contributed by atoms with E-state index in [-0.39, 0.29) is 17.6 Å². The smallest absolute Gasteiger partial charge is 0.407 e. The van der Waals surface area contributed by atoms with E-state index < -0.39 is 6.09 Å². The van der Waals surface area contributed by atoms with Crippen molar-refractivity contribution in [1.29, 1.82) is 0 Å². The first kappa shape index (κ1) is 15.5. The van der Waals surface area contributed by atoms with Crippen molar-refractivity contribution in [1.82, 2.24) is 4.90 Å². The molecule has 0 unspecified atom stereocenters. The van der Waals surface area contributed by atoms with Gasteiger partial charge in [-0.15, -0.1) is 0 Å². The Labute approximate surface area is 125 Å². The number of nitrogen functional groups attached to an aromatic ring is 1. The summed E-state index contributed by atoms with van der Waals surface area (Å²) in [6, 6.07) is 7.31. The quantitative estimate of drug-likeness (QED) is 0.821. The molecule has 1 aliphatic heterocycles. The van der Waals surface area contributed by atoms with Crippen LogP contribution in [0.3, 0.4) is 0 Å². The van der Waals surface area contributed by atoms with Crippen LogP contribution in [0.2, 0.25) is 0 Å². The molecule has 1 aliphatic rings. The molecule has 1 aromatic rings. The highest BCUT2D eigenvalue weighted by atomic mass is 16.5. The zero-order valence-electron chi connectivity index (χ0n) is 12.9. The maximum absolute atomic E-state index is 11.4. The number of ether oxygens (including phenoxy) is 1. The molecule has 116 valence electrons. The molecule has 0 bridgehead atoms. The van der Waals surface area contributed by atoms with Crippen molar-refractivity contribution in [2.24, 2.45) is 5.41 Å². The molecular weight excluding hydrogens is 268 g/mol. The summed E-state index contributed by atoms with van der Waals surface area (Å²) >= 11 is 0. The zero-order chi connectivity index (χ0) is 15.6. The van der Waals surface area contributed by atoms with E-state index in [9.17, 15) is 9.90 Å². The molecule has 2 atom stereocenters. The van der Waals surface area contributed by atoms with Gasteiger partial charge in [0.15, 0.2) is 0 Å². The first-order valence-corrected chi connectivity index (χ1v) is 7.29. The fourth-order valence-electron chi connectivity index (χ4n) is 2.87. The average Bonchev–Trinajstić information content (AvgIpc) is 2.37. The Morgan fingerprint density at radius 3 is 2.71 bits per heavy atom. The summed E-state index contributed by atoms with van der Waals surface area (Å²) in [5, 5.41) is 9.35. The number of anilines is 1. The predicted octanol–water partition coefficient (Wildman–Crippen LogP) is 3.20. The number of piperidine rings is 1. The first-order valence-electron chi connectivity index (χ1n) is 7.29. The Balaban J connectivity index is 2.09. The molecule has 21 heavy (non-hydrogen) atoms. The van der Waals surface area contributed by atoms with Crippen molar-refractivity contribution in [3.8, 4) is 5.75 Å². The largest absolute Gasteiger partial charge is 0.490 e. The van der Waals surface area contributed by atoms with E-state index in [1.165, 1.54) is 0 Å². The van der Waals surface area contributed by atoms with Crippen LogP contribution >= 0.6 is 0 Å². The Bertz CT molecular complexity index is 510. The van der Waals surface area contributed by atoms with Gasteiger partial charge in [0.2, 0.25) is 0 Å². The first-order chi connectivity index (χ1) is 9.77. The molecule has 0 aromatic heterocycles. The molecule has 5 heteroatoms. The van der Waals surface area contributed by atoms with E-state index in [2.05, 4.69) is 20.8 Å². The third-order valence-electron chi connectivity index (χ3n) is 3.96. The Hall–Kier alpha value is -1.91. The molecular formula is C16H24N2O3. The number of amides is 1. The van der Waals surface area contributed by atoms with Crippen molar-refractivity contribution < 1.29 is 14.6 Å². The zero-order valence-corrected chi connectivity index (χ0v) is 12.9. The topological polar surface area (TPSA) is 75.8 Å². The summed E-state index contributed by atoms with van der Waals surface area (Å²) in [6.07, 6.45) is 0.571. The molecule has 0 radical (unpaired) electrons. The van der Waals surface area contributed by atoms with Gasteiger partial charge < -0.3 is 20.5 Å². The van der Waals surface area contributed by atoms with Gasteiger partial charge in [-0.25, -0.2) is 4.79 Å². The summed E-state index contributed by atoms with van der Waals surface area (Å²) in [5.41, 5.74) is 6.31. The van der Waals surface area contributed by atoms with E-state index >= 15 is 0 Å². The van der Waals surface area contributed by atoms with Gasteiger partial charge in [0, 0.05) is 37.2 Å². The van der Waals surface area contributed by atoms with Crippen LogP contribution in [0.15, 0.2) is 24.3 Å². The number of nitrogens with zero attached hydrogens (tertiary/aromatic N) is 1. The van der Waals surface area contributed by atoms with Gasteiger partial charge in [0.1, 0.15) is 11.9 Å². The molecule has 0 spiro atoms. The van der Waals surface area contributed by atoms with Gasteiger partial charge in [0.05, 0.1) is 0 Å². The Kier molecular flexibility index (Phi) is 4.30. The van der Waals surface area contributed by atoms with Crippen LogP contribution in [0.25, 0.3) is 0 Å². The number of hydrogen-bond acceptors (Lipinski definition) is 3. The highest BCUT2D eigenvalue weighted by Crippen LogP contribution is 2.33. The van der Waals surface area contributed by atoms with E-state index in [4.69, 9.17) is 10.5 Å². The molecule has 0 aliphatic carbocycles. The molecule has 2 rings (SSSR count). The van der Waals surface area contributed by atoms with Crippen LogP contribution in [-0.2, 0) is 0 Å². The summed E-state index contributed by atoms with van der Waals surface area (Å²) in [5.74, 6) is 0.747. The second-order valence-electron chi connectivity index (χ2n) is 6.69. The van der Waals surface area contributed by atoms with E-state index in [0.717, 1.165) is 5.75 Å². The number of rotatable bonds is 2. The lowest BCUT2D eigenvalue weighted by molar-refractivity contribution is 0.0130. The summed E-state index contributed by atoms with van der Waals surface area (Å²) in [4.78, 5) is 12.9. The molecule has 1 heterocycles. The summed E-state index contributed by atoms with van der Waals surface area (Å²) in [7, 11) is 0. The van der Waals surface area contributed by atoms with E-state index in [0.29, 0.717) is 25.1 Å². The normalized spacial score (nSPS) is 22.9. The number of carboxylic acid groups (broad SMARTS) is 1. The maximum Gasteiger partial charge on any atom is 0.407 e. The van der Waals surface area contributed by atoms with Crippen molar-refractivity contribution in [2.45, 2.75) is 45.8 Å². The summed E-state index contributed by atoms with van der Waals surface area (Å²) in [6.45, 7) is 6.70. The van der Waals surface area contributed by atoms with Crippen LogP contribution in [0.1, 0.15) is 33.6 Å². The molecule has 3 N–H and O–H groups in total. The number of likely N-dealkylation sites (tertiary alicyclic amines) is 1. The number of nitrogens with two attached hydrogens (primary N) is 1. The molecule has 1 saturated heterocycles. The van der Waals surface area contributed by atoms with Crippen molar-refractivity contribution >= 4 is 11.8 Å². The molecule has 0 saturated carbocycles. The van der Waals surface area contributed by atoms with Crippen molar-refractivity contribution in [3.63, 3.8) is 0 Å². The van der Waals surface area contributed by atoms with Gasteiger partial charge in [-0.05, 0) is 17.5 Å². The summed E-state index contributed by atoms with van der Waals surface area (Å²) < 4.78 is 5.99. The van der Waals surface area contributed by atoms with Crippen LogP contribution in [-0.4, -0.2) is 34.8 Å². The monoisotopic (exact) mass is 292 g/mol. The average molecular weight is 292 g/mol. The second-order valence-corrected chi connectivity index (χ2v) is 6.69. The lowest BCUT2D eigenvalue weighted by Gasteiger charge is -2.44. The third kappa shape index (κ3) is 3.80. The van der Waals surface area contributed by atoms with Gasteiger partial charge in [-0.2, -0.15) is 0 Å². The number of carbonyl (C=O) groups is 1. The van der Waals surface area contributed by atoms with Crippen LogP contribution in [0, 0.1) is 5.41 Å². The van der Waals surface area contributed by atoms with Crippen LogP contribution in [0.5, 0.6) is 5.75 Å². The Morgan fingerprint density at radius 1 is 1.43 bits per heavy atom. The van der Waals surface area contributed by atoms with Gasteiger partial charge in [-0.1, -0.05) is 26.8 Å². The van der Waals surface area contributed by atoms with Gasteiger partial charge in [0.25, 0.3) is 0 Å².